The van der Waals surface area contributed by atoms with Crippen molar-refractivity contribution in [2.24, 2.45) is 0 Å². The van der Waals surface area contributed by atoms with Gasteiger partial charge in [0.1, 0.15) is 11.7 Å². The topological polar surface area (TPSA) is 109 Å². The van der Waals surface area contributed by atoms with Gasteiger partial charge in [-0.05, 0) is 46.6 Å². The monoisotopic (exact) mass is 406 g/mol. The molecule has 3 N–H and O–H groups in total. The number of hydrogen-bond donors (Lipinski definition) is 3. The molecule has 7 nitrogen and oxygen atoms in total. The van der Waals surface area contributed by atoms with E-state index in [0.717, 1.165) is 0 Å². The van der Waals surface area contributed by atoms with Gasteiger partial charge in [0.05, 0.1) is 0 Å². The van der Waals surface area contributed by atoms with Crippen molar-refractivity contribution < 1.29 is 23.9 Å². The molecule has 1 atom stereocenters. The Morgan fingerprint density at radius 2 is 1.84 bits per heavy atom. The van der Waals surface area contributed by atoms with Gasteiger partial charge in [-0.15, -0.1) is 0 Å². The third kappa shape index (κ3) is 5.32. The molecule has 130 valence electrons. The second-order valence-corrected chi connectivity index (χ2v) is 5.84. The molecule has 2 aromatic rings. The smallest absolute Gasteiger partial charge is 0.325 e. The number of rotatable bonds is 6. The Morgan fingerprint density at radius 3 is 2.40 bits per heavy atom. The number of amides is 2. The third-order valence-corrected chi connectivity index (χ3v) is 3.54. The summed E-state index contributed by atoms with van der Waals surface area (Å²) in [6.07, 6.45) is 1.44. The van der Waals surface area contributed by atoms with Gasteiger partial charge in [0, 0.05) is 0 Å². The maximum Gasteiger partial charge on any atom is 0.325 e. The lowest BCUT2D eigenvalue weighted by molar-refractivity contribution is -0.140. The van der Waals surface area contributed by atoms with E-state index in [1.165, 1.54) is 19.1 Å². The first-order chi connectivity index (χ1) is 11.9. The largest absolute Gasteiger partial charge is 0.480 e. The van der Waals surface area contributed by atoms with Crippen LogP contribution in [0, 0.1) is 0 Å². The number of carbonyl (C=O) groups is 3. The maximum atomic E-state index is 12.3. The number of halogens is 1. The SMILES string of the molecule is C[C@@H](NC(=O)/C(=C/c1ccccc1)NC(=O)c1ccc(Br)o1)C(=O)O. The molecular weight excluding hydrogens is 392 g/mol. The van der Waals surface area contributed by atoms with E-state index in [-0.39, 0.29) is 11.5 Å². The summed E-state index contributed by atoms with van der Waals surface area (Å²) in [6.45, 7) is 1.33. The van der Waals surface area contributed by atoms with Crippen molar-refractivity contribution in [1.82, 2.24) is 10.6 Å². The van der Waals surface area contributed by atoms with Crippen LogP contribution in [0.15, 0.2) is 57.2 Å². The molecule has 2 rings (SSSR count). The lowest BCUT2D eigenvalue weighted by atomic mass is 10.2. The molecule has 0 fully saturated rings. The zero-order valence-electron chi connectivity index (χ0n) is 13.2. The molecule has 0 spiro atoms. The van der Waals surface area contributed by atoms with Crippen LogP contribution >= 0.6 is 15.9 Å². The minimum absolute atomic E-state index is 0.00456. The van der Waals surface area contributed by atoms with Crippen LogP contribution in [0.25, 0.3) is 6.08 Å². The number of carboxylic acids is 1. The predicted octanol–water partition coefficient (Wildman–Crippen LogP) is 2.40. The fourth-order valence-electron chi connectivity index (χ4n) is 1.83. The summed E-state index contributed by atoms with van der Waals surface area (Å²) < 4.78 is 5.52. The highest BCUT2D eigenvalue weighted by molar-refractivity contribution is 9.10. The van der Waals surface area contributed by atoms with Gasteiger partial charge in [-0.1, -0.05) is 30.3 Å². The molecule has 0 aliphatic carbocycles. The summed E-state index contributed by atoms with van der Waals surface area (Å²) in [4.78, 5) is 35.5. The first-order valence-corrected chi connectivity index (χ1v) is 8.03. The quantitative estimate of drug-likeness (QED) is 0.638. The van der Waals surface area contributed by atoms with E-state index in [2.05, 4.69) is 26.6 Å². The fraction of sp³-hybridized carbons (Fsp3) is 0.118. The Bertz CT molecular complexity index is 813. The summed E-state index contributed by atoms with van der Waals surface area (Å²) in [5.74, 6) is -2.54. The Balaban J connectivity index is 2.25. The standard InChI is InChI=1S/C17H15BrN2O5/c1-10(17(23)24)19-15(21)12(9-11-5-3-2-4-6-11)20-16(22)13-7-8-14(18)25-13/h2-10H,1H3,(H,19,21)(H,20,22)(H,23,24)/b12-9-/t10-/m1/s1. The van der Waals surface area contributed by atoms with Crippen molar-refractivity contribution in [3.05, 3.63) is 64.2 Å². The van der Waals surface area contributed by atoms with Crippen molar-refractivity contribution in [3.8, 4) is 0 Å². The highest BCUT2D eigenvalue weighted by Gasteiger charge is 2.20. The van der Waals surface area contributed by atoms with Crippen LogP contribution in [0.4, 0.5) is 0 Å². The van der Waals surface area contributed by atoms with Crippen molar-refractivity contribution in [3.63, 3.8) is 0 Å². The maximum absolute atomic E-state index is 12.3. The van der Waals surface area contributed by atoms with Gasteiger partial charge >= 0.3 is 5.97 Å². The summed E-state index contributed by atoms with van der Waals surface area (Å²) >= 11 is 3.09. The highest BCUT2D eigenvalue weighted by atomic mass is 79.9. The number of carbonyl (C=O) groups excluding carboxylic acids is 2. The van der Waals surface area contributed by atoms with Crippen LogP contribution in [-0.4, -0.2) is 28.9 Å². The molecule has 0 radical (unpaired) electrons. The molecule has 1 aromatic heterocycles. The van der Waals surface area contributed by atoms with E-state index in [4.69, 9.17) is 9.52 Å². The van der Waals surface area contributed by atoms with Crippen molar-refractivity contribution in [1.29, 1.82) is 0 Å². The van der Waals surface area contributed by atoms with Crippen molar-refractivity contribution >= 4 is 39.8 Å². The van der Waals surface area contributed by atoms with Crippen LogP contribution in [0.3, 0.4) is 0 Å². The Labute approximate surface area is 151 Å². The van der Waals surface area contributed by atoms with Gasteiger partial charge in [-0.2, -0.15) is 0 Å². The number of benzene rings is 1. The summed E-state index contributed by atoms with van der Waals surface area (Å²) in [5.41, 5.74) is 0.563. The van der Waals surface area contributed by atoms with Crippen LogP contribution in [-0.2, 0) is 9.59 Å². The minimum Gasteiger partial charge on any atom is -0.480 e. The Morgan fingerprint density at radius 1 is 1.16 bits per heavy atom. The first-order valence-electron chi connectivity index (χ1n) is 7.24. The van der Waals surface area contributed by atoms with Crippen LogP contribution < -0.4 is 10.6 Å². The normalized spacial score (nSPS) is 12.3. The fourth-order valence-corrected chi connectivity index (χ4v) is 2.14. The molecule has 2 amide bonds. The van der Waals surface area contributed by atoms with E-state index in [1.54, 1.807) is 30.3 Å². The highest BCUT2D eigenvalue weighted by Crippen LogP contribution is 2.14. The zero-order valence-corrected chi connectivity index (χ0v) is 14.7. The molecule has 0 unspecified atom stereocenters. The van der Waals surface area contributed by atoms with Gasteiger partial charge in [-0.25, -0.2) is 0 Å². The van der Waals surface area contributed by atoms with Gasteiger partial charge in [0.25, 0.3) is 11.8 Å². The van der Waals surface area contributed by atoms with Crippen molar-refractivity contribution in [2.45, 2.75) is 13.0 Å². The van der Waals surface area contributed by atoms with E-state index in [1.807, 2.05) is 6.07 Å². The van der Waals surface area contributed by atoms with Gasteiger partial charge in [0.15, 0.2) is 10.4 Å². The van der Waals surface area contributed by atoms with E-state index in [0.29, 0.717) is 10.2 Å². The third-order valence-electron chi connectivity index (χ3n) is 3.12. The van der Waals surface area contributed by atoms with Gasteiger partial charge in [-0.3, -0.25) is 14.4 Å². The average molecular weight is 407 g/mol. The van der Waals surface area contributed by atoms with Crippen LogP contribution in [0.1, 0.15) is 23.0 Å². The number of hydrogen-bond acceptors (Lipinski definition) is 4. The molecule has 25 heavy (non-hydrogen) atoms. The average Bonchev–Trinajstić information content (AvgIpc) is 3.01. The first kappa shape index (κ1) is 18.5. The second-order valence-electron chi connectivity index (χ2n) is 5.06. The lowest BCUT2D eigenvalue weighted by Crippen LogP contribution is -2.42. The molecule has 0 aliphatic rings. The molecule has 0 saturated carbocycles. The minimum atomic E-state index is -1.19. The number of aliphatic carboxylic acids is 1. The van der Waals surface area contributed by atoms with E-state index >= 15 is 0 Å². The molecule has 1 aromatic carbocycles. The Hall–Kier alpha value is -2.87. The van der Waals surface area contributed by atoms with E-state index < -0.39 is 23.8 Å². The van der Waals surface area contributed by atoms with Crippen LogP contribution in [0.2, 0.25) is 0 Å². The molecule has 0 saturated heterocycles. The lowest BCUT2D eigenvalue weighted by Gasteiger charge is -2.13. The van der Waals surface area contributed by atoms with Crippen molar-refractivity contribution in [2.75, 3.05) is 0 Å². The Kier molecular flexibility index (Phi) is 6.13. The zero-order chi connectivity index (χ0) is 18.4. The predicted molar refractivity (Wildman–Crippen MR) is 93.5 cm³/mol. The van der Waals surface area contributed by atoms with Crippen LogP contribution in [0.5, 0.6) is 0 Å². The number of nitrogens with one attached hydrogen (secondary N) is 2. The van der Waals surface area contributed by atoms with E-state index in [9.17, 15) is 14.4 Å². The summed E-state index contributed by atoms with van der Waals surface area (Å²) in [5, 5.41) is 13.7. The number of carboxylic acid groups (broad SMARTS) is 1. The molecule has 0 aliphatic heterocycles. The molecule has 1 heterocycles. The van der Waals surface area contributed by atoms with Gasteiger partial charge < -0.3 is 20.2 Å². The van der Waals surface area contributed by atoms with Gasteiger partial charge in [0.2, 0.25) is 0 Å². The summed E-state index contributed by atoms with van der Waals surface area (Å²) in [6, 6.07) is 10.7. The summed E-state index contributed by atoms with van der Waals surface area (Å²) in [7, 11) is 0. The molecule has 0 bridgehead atoms. The number of furan rings is 1. The molecule has 8 heteroatoms. The molecular formula is C17H15BrN2O5. The second kappa shape index (κ2) is 8.29.